The predicted octanol–water partition coefficient (Wildman–Crippen LogP) is 5.85. The van der Waals surface area contributed by atoms with Crippen molar-refractivity contribution in [2.45, 2.75) is 41.5 Å². The van der Waals surface area contributed by atoms with E-state index in [2.05, 4.69) is 37.6 Å². The molecular weight excluding hydrogens is 236 g/mol. The summed E-state index contributed by atoms with van der Waals surface area (Å²) in [6.07, 6.45) is 4.56. The Kier molecular flexibility index (Phi) is 70.6. The molecule has 0 heterocycles. The number of hydrogen-bond acceptors (Lipinski definition) is 2. The van der Waals surface area contributed by atoms with Crippen LogP contribution in [0.1, 0.15) is 41.5 Å². The fourth-order valence-electron chi connectivity index (χ4n) is 0.0393. The van der Waals surface area contributed by atoms with Crippen LogP contribution in [0.2, 0.25) is 0 Å². The molecule has 0 spiro atoms. The van der Waals surface area contributed by atoms with E-state index in [-0.39, 0.29) is 0 Å². The van der Waals surface area contributed by atoms with Crippen molar-refractivity contribution < 1.29 is 9.53 Å². The summed E-state index contributed by atoms with van der Waals surface area (Å²) in [6, 6.07) is 0. The van der Waals surface area contributed by atoms with Crippen LogP contribution in [0, 0.1) is 0 Å². The van der Waals surface area contributed by atoms with Crippen molar-refractivity contribution in [1.82, 2.24) is 0 Å². The van der Waals surface area contributed by atoms with Gasteiger partial charge in [-0.15, -0.1) is 26.3 Å². The van der Waals surface area contributed by atoms with E-state index in [9.17, 15) is 0 Å². The molecule has 112 valence electrons. The van der Waals surface area contributed by atoms with Crippen molar-refractivity contribution in [3.05, 3.63) is 62.5 Å². The van der Waals surface area contributed by atoms with E-state index in [0.717, 1.165) is 6.26 Å². The molecule has 0 aromatic carbocycles. The first-order chi connectivity index (χ1) is 8.71. The lowest BCUT2D eigenvalue weighted by Crippen LogP contribution is -1.66. The highest BCUT2D eigenvalue weighted by atomic mass is 16.5. The zero-order valence-corrected chi connectivity index (χ0v) is 13.7. The molecule has 0 amide bonds. The van der Waals surface area contributed by atoms with E-state index in [0.29, 0.717) is 6.47 Å². The van der Waals surface area contributed by atoms with Gasteiger partial charge in [-0.25, -0.2) is 0 Å². The van der Waals surface area contributed by atoms with E-state index < -0.39 is 0 Å². The van der Waals surface area contributed by atoms with Gasteiger partial charge in [0.05, 0.1) is 6.26 Å². The van der Waals surface area contributed by atoms with E-state index in [4.69, 9.17) is 4.79 Å². The Balaban J connectivity index is -0.0000000437. The summed E-state index contributed by atoms with van der Waals surface area (Å²) in [5.74, 6) is 0. The zero-order chi connectivity index (χ0) is 16.7. The van der Waals surface area contributed by atoms with Crippen LogP contribution >= 0.6 is 0 Å². The van der Waals surface area contributed by atoms with Gasteiger partial charge in [-0.3, -0.25) is 4.79 Å². The third-order valence-corrected chi connectivity index (χ3v) is 0.152. The monoisotopic (exact) mass is 268 g/mol. The minimum Gasteiger partial charge on any atom is -0.437 e. The molecule has 0 saturated carbocycles. The summed E-state index contributed by atoms with van der Waals surface area (Å²) in [5.41, 5.74) is 2.33. The van der Waals surface area contributed by atoms with Crippen LogP contribution in [-0.2, 0) is 9.53 Å². The van der Waals surface area contributed by atoms with Crippen molar-refractivity contribution in [3.8, 4) is 0 Å². The maximum absolute atomic E-state index is 9.11. The molecular formula is C17H32O2. The Hall–Kier alpha value is -1.83. The lowest BCUT2D eigenvalue weighted by molar-refractivity contribution is -0.123. The Morgan fingerprint density at radius 1 is 0.842 bits per heavy atom. The molecule has 0 unspecified atom stereocenters. The first kappa shape index (κ1) is 30.3. The molecule has 0 saturated heterocycles. The highest BCUT2D eigenvalue weighted by Crippen LogP contribution is 1.74. The fourth-order valence-corrected chi connectivity index (χ4v) is 0.0393. The highest BCUT2D eigenvalue weighted by Gasteiger charge is 1.53. The van der Waals surface area contributed by atoms with Crippen molar-refractivity contribution in [3.63, 3.8) is 0 Å². The molecule has 19 heavy (non-hydrogen) atoms. The molecule has 2 nitrogen and oxygen atoms in total. The normalized spacial score (nSPS) is 5.58. The molecule has 0 aliphatic carbocycles. The predicted molar refractivity (Wildman–Crippen MR) is 90.1 cm³/mol. The van der Waals surface area contributed by atoms with Gasteiger partial charge in [-0.05, 0) is 41.5 Å². The van der Waals surface area contributed by atoms with E-state index in [1.54, 1.807) is 12.2 Å². The maximum Gasteiger partial charge on any atom is 0.297 e. The van der Waals surface area contributed by atoms with Gasteiger partial charge in [-0.2, -0.15) is 0 Å². The van der Waals surface area contributed by atoms with Gasteiger partial charge >= 0.3 is 0 Å². The molecule has 0 radical (unpaired) electrons. The molecule has 0 aliphatic heterocycles. The first-order valence-corrected chi connectivity index (χ1v) is 5.79. The minimum atomic E-state index is 0.312. The van der Waals surface area contributed by atoms with Gasteiger partial charge in [0.25, 0.3) is 6.47 Å². The highest BCUT2D eigenvalue weighted by molar-refractivity contribution is 5.37. The second kappa shape index (κ2) is 44.3. The average molecular weight is 268 g/mol. The third-order valence-electron chi connectivity index (χ3n) is 0.152. The lowest BCUT2D eigenvalue weighted by atomic mass is 10.4. The Morgan fingerprint density at radius 3 is 1.00 bits per heavy atom. The molecule has 0 N–H and O–H groups in total. The Morgan fingerprint density at radius 2 is 1.00 bits per heavy atom. The zero-order valence-electron chi connectivity index (χ0n) is 13.7. The first-order valence-electron chi connectivity index (χ1n) is 5.79. The smallest absolute Gasteiger partial charge is 0.297 e. The van der Waals surface area contributed by atoms with Crippen LogP contribution in [0.4, 0.5) is 0 Å². The molecule has 0 bridgehead atoms. The summed E-state index contributed by atoms with van der Waals surface area (Å²) in [7, 11) is 0. The van der Waals surface area contributed by atoms with E-state index >= 15 is 0 Å². The van der Waals surface area contributed by atoms with Crippen LogP contribution < -0.4 is 0 Å². The number of ether oxygens (including phenoxy) is 1. The Bertz CT molecular complexity index is 193. The van der Waals surface area contributed by atoms with Crippen LogP contribution in [0.5, 0.6) is 0 Å². The molecule has 0 aliphatic rings. The van der Waals surface area contributed by atoms with Crippen molar-refractivity contribution in [1.29, 1.82) is 0 Å². The molecule has 0 aromatic heterocycles. The van der Waals surface area contributed by atoms with Crippen molar-refractivity contribution in [2.24, 2.45) is 0 Å². The summed E-state index contributed by atoms with van der Waals surface area (Å²) >= 11 is 0. The van der Waals surface area contributed by atoms with E-state index in [1.807, 2.05) is 41.5 Å². The van der Waals surface area contributed by atoms with Crippen LogP contribution in [-0.4, -0.2) is 6.47 Å². The minimum absolute atomic E-state index is 0.312. The standard InChI is InChI=1S/2C4H8.C3H4O2.2C3H6/c2*1-4(2)3;1-2-5-3-4;2*1-3-2/h2*1H2,2-3H3;2-3H,1H2;2*3H,1H2,2H3. The molecule has 0 atom stereocenters. The van der Waals surface area contributed by atoms with Crippen molar-refractivity contribution in [2.75, 3.05) is 0 Å². The summed E-state index contributed by atoms with van der Waals surface area (Å²) in [5, 5.41) is 0. The number of hydrogen-bond donors (Lipinski definition) is 0. The van der Waals surface area contributed by atoms with E-state index in [1.165, 1.54) is 11.1 Å². The van der Waals surface area contributed by atoms with Gasteiger partial charge < -0.3 is 4.74 Å². The SMILES string of the molecule is C=C(C)C.C=C(C)C.C=CC.C=CC.C=COC=O. The summed E-state index contributed by atoms with van der Waals surface area (Å²) < 4.78 is 3.92. The topological polar surface area (TPSA) is 26.3 Å². The largest absolute Gasteiger partial charge is 0.437 e. The van der Waals surface area contributed by atoms with Gasteiger partial charge in [0, 0.05) is 0 Å². The van der Waals surface area contributed by atoms with Crippen LogP contribution in [0.25, 0.3) is 0 Å². The third kappa shape index (κ3) is 112000. The van der Waals surface area contributed by atoms with Gasteiger partial charge in [0.1, 0.15) is 0 Å². The lowest BCUT2D eigenvalue weighted by Gasteiger charge is -1.71. The summed E-state index contributed by atoms with van der Waals surface area (Å²) in [6.45, 7) is 28.9. The number of carbonyl (C=O) groups excluding carboxylic acids is 1. The number of allylic oxidation sites excluding steroid dienone is 4. The van der Waals surface area contributed by atoms with Gasteiger partial charge in [0.2, 0.25) is 0 Å². The van der Waals surface area contributed by atoms with Crippen molar-refractivity contribution >= 4 is 6.47 Å². The van der Waals surface area contributed by atoms with Crippen LogP contribution in [0.3, 0.4) is 0 Å². The molecule has 0 fully saturated rings. The maximum atomic E-state index is 9.11. The second-order valence-electron chi connectivity index (χ2n) is 3.63. The molecule has 0 aromatic rings. The van der Waals surface area contributed by atoms with Gasteiger partial charge in [0.15, 0.2) is 0 Å². The fraction of sp³-hybridized carbons (Fsp3) is 0.353. The molecule has 0 rings (SSSR count). The molecule has 2 heteroatoms. The van der Waals surface area contributed by atoms with Gasteiger partial charge in [-0.1, -0.05) is 29.9 Å². The quantitative estimate of drug-likeness (QED) is 0.356. The van der Waals surface area contributed by atoms with Crippen LogP contribution in [0.15, 0.2) is 62.5 Å². The average Bonchev–Trinajstić information content (AvgIpc) is 2.19. The second-order valence-corrected chi connectivity index (χ2v) is 3.63. The summed E-state index contributed by atoms with van der Waals surface area (Å²) in [4.78, 5) is 9.11. The number of carbonyl (C=O) groups is 1. The Labute approximate surface area is 120 Å². The number of rotatable bonds is 2.